The summed E-state index contributed by atoms with van der Waals surface area (Å²) in [6.45, 7) is 0. The van der Waals surface area contributed by atoms with Crippen molar-refractivity contribution < 1.29 is 0 Å². The van der Waals surface area contributed by atoms with Crippen LogP contribution in [0.1, 0.15) is 0 Å². The molecule has 2 nitrogen and oxygen atoms in total. The topological polar surface area (TPSA) is 6.48 Å². The lowest BCUT2D eigenvalue weighted by molar-refractivity contribution is 0.697. The monoisotopic (exact) mass is 152 g/mol. The van der Waals surface area contributed by atoms with Crippen molar-refractivity contribution in [2.24, 2.45) is 0 Å². The van der Waals surface area contributed by atoms with E-state index in [4.69, 9.17) is 0 Å². The molecule has 0 aliphatic carbocycles. The third-order valence-electron chi connectivity index (χ3n) is 0.331. The van der Waals surface area contributed by atoms with E-state index >= 15 is 0 Å². The number of nitrogens with zero attached hydrogens (tertiary/aromatic N) is 2. The molecular weight excluding hydrogens is 140 g/mol. The predicted octanol–water partition coefficient (Wildman–Crippen LogP) is 1.32. The van der Waals surface area contributed by atoms with Gasteiger partial charge in [0.05, 0.1) is 0 Å². The summed E-state index contributed by atoms with van der Waals surface area (Å²) in [5.41, 5.74) is 0. The molecule has 0 N–H and O–H groups in total. The highest BCUT2D eigenvalue weighted by Crippen LogP contribution is 2.23. The second-order valence-electron chi connectivity index (χ2n) is 1.77. The quantitative estimate of drug-likeness (QED) is 0.444. The van der Waals surface area contributed by atoms with Gasteiger partial charge in [0.15, 0.2) is 0 Å². The molecule has 0 aliphatic heterocycles. The molecule has 0 aliphatic rings. The Morgan fingerprint density at radius 2 is 1.00 bits per heavy atom. The highest BCUT2D eigenvalue weighted by Gasteiger charge is 1.91. The molecule has 0 bridgehead atoms. The summed E-state index contributed by atoms with van der Waals surface area (Å²) < 4.78 is 4.12. The molecule has 0 saturated heterocycles. The minimum atomic E-state index is 1.72. The van der Waals surface area contributed by atoms with Crippen LogP contribution in [0, 0.1) is 0 Å². The zero-order chi connectivity index (χ0) is 6.57. The summed E-state index contributed by atoms with van der Waals surface area (Å²) >= 11 is 0. The molecule has 0 unspecified atom stereocenters. The molecule has 0 saturated carbocycles. The second-order valence-corrected chi connectivity index (χ2v) is 4.43. The molecule has 0 atom stereocenters. The van der Waals surface area contributed by atoms with E-state index in [1.54, 1.807) is 22.0 Å². The third kappa shape index (κ3) is 6.62. The number of hydrogen-bond acceptors (Lipinski definition) is 4. The summed E-state index contributed by atoms with van der Waals surface area (Å²) in [4.78, 5) is 0. The molecule has 0 aromatic rings. The molecular formula is C4H12N2S2. The van der Waals surface area contributed by atoms with Gasteiger partial charge in [0.25, 0.3) is 0 Å². The first-order chi connectivity index (χ1) is 3.63. The Morgan fingerprint density at radius 3 is 1.12 bits per heavy atom. The van der Waals surface area contributed by atoms with Gasteiger partial charge in [-0.05, 0) is 28.2 Å². The van der Waals surface area contributed by atoms with Gasteiger partial charge in [-0.3, -0.25) is 0 Å². The van der Waals surface area contributed by atoms with Gasteiger partial charge < -0.3 is 0 Å². The van der Waals surface area contributed by atoms with Crippen LogP contribution in [0.3, 0.4) is 0 Å². The van der Waals surface area contributed by atoms with Gasteiger partial charge in [0.2, 0.25) is 0 Å². The molecule has 0 heterocycles. The minimum absolute atomic E-state index is 1.72. The van der Waals surface area contributed by atoms with Crippen molar-refractivity contribution in [3.63, 3.8) is 0 Å². The standard InChI is InChI=1S/C4H12N2S2/c1-5(2)7-8-6(3)4/h1-4H3. The molecule has 0 aromatic carbocycles. The van der Waals surface area contributed by atoms with E-state index < -0.39 is 0 Å². The van der Waals surface area contributed by atoms with Crippen LogP contribution in [0.4, 0.5) is 0 Å². The maximum absolute atomic E-state index is 2.06. The normalized spacial score (nSPS) is 11.2. The molecule has 0 radical (unpaired) electrons. The molecule has 0 amide bonds. The van der Waals surface area contributed by atoms with Crippen molar-refractivity contribution in [3.05, 3.63) is 0 Å². The summed E-state index contributed by atoms with van der Waals surface area (Å²) in [6, 6.07) is 0. The molecule has 50 valence electrons. The Bertz CT molecular complexity index is 48.0. The molecule has 0 fully saturated rings. The summed E-state index contributed by atoms with van der Waals surface area (Å²) in [5, 5.41) is 0. The van der Waals surface area contributed by atoms with E-state index in [1.165, 1.54) is 0 Å². The van der Waals surface area contributed by atoms with E-state index in [0.29, 0.717) is 0 Å². The first kappa shape index (κ1) is 8.62. The van der Waals surface area contributed by atoms with E-state index in [9.17, 15) is 0 Å². The van der Waals surface area contributed by atoms with E-state index in [1.807, 2.05) is 28.2 Å². The van der Waals surface area contributed by atoms with Crippen LogP contribution >= 0.6 is 22.0 Å². The van der Waals surface area contributed by atoms with Gasteiger partial charge in [-0.1, -0.05) is 0 Å². The van der Waals surface area contributed by atoms with Crippen molar-refractivity contribution >= 4 is 22.0 Å². The van der Waals surface area contributed by atoms with Gasteiger partial charge in [0.1, 0.15) is 0 Å². The van der Waals surface area contributed by atoms with Crippen molar-refractivity contribution in [2.75, 3.05) is 28.2 Å². The van der Waals surface area contributed by atoms with E-state index in [2.05, 4.69) is 8.61 Å². The second kappa shape index (κ2) is 4.49. The lowest BCUT2D eigenvalue weighted by Gasteiger charge is -2.10. The van der Waals surface area contributed by atoms with Gasteiger partial charge in [-0.15, -0.1) is 0 Å². The van der Waals surface area contributed by atoms with Crippen LogP contribution in [0.15, 0.2) is 0 Å². The van der Waals surface area contributed by atoms with E-state index in [0.717, 1.165) is 0 Å². The van der Waals surface area contributed by atoms with Crippen LogP contribution in [0.25, 0.3) is 0 Å². The smallest absolute Gasteiger partial charge is 0.00782 e. The average molecular weight is 152 g/mol. The van der Waals surface area contributed by atoms with Crippen LogP contribution in [0.5, 0.6) is 0 Å². The molecule has 0 aromatic heterocycles. The van der Waals surface area contributed by atoms with Crippen LogP contribution < -0.4 is 0 Å². The fraction of sp³-hybridized carbons (Fsp3) is 1.00. The number of rotatable bonds is 3. The first-order valence-electron chi connectivity index (χ1n) is 2.32. The maximum atomic E-state index is 2.06. The fourth-order valence-electron chi connectivity index (χ4n) is 0.133. The fourth-order valence-corrected chi connectivity index (χ4v) is 1.20. The Labute approximate surface area is 59.3 Å². The maximum Gasteiger partial charge on any atom is 0.00782 e. The highest BCUT2D eigenvalue weighted by molar-refractivity contribution is 8.74. The minimum Gasteiger partial charge on any atom is -0.246 e. The van der Waals surface area contributed by atoms with Crippen molar-refractivity contribution in [1.29, 1.82) is 0 Å². The molecule has 8 heavy (non-hydrogen) atoms. The highest BCUT2D eigenvalue weighted by atomic mass is 33.1. The van der Waals surface area contributed by atoms with Crippen molar-refractivity contribution in [3.8, 4) is 0 Å². The molecule has 0 spiro atoms. The van der Waals surface area contributed by atoms with Crippen LogP contribution in [-0.4, -0.2) is 36.8 Å². The van der Waals surface area contributed by atoms with Crippen LogP contribution in [-0.2, 0) is 0 Å². The zero-order valence-electron chi connectivity index (χ0n) is 5.71. The lowest BCUT2D eigenvalue weighted by Crippen LogP contribution is -2.02. The van der Waals surface area contributed by atoms with Crippen molar-refractivity contribution in [1.82, 2.24) is 8.61 Å². The summed E-state index contributed by atoms with van der Waals surface area (Å²) in [5.74, 6) is 0. The predicted molar refractivity (Wildman–Crippen MR) is 42.6 cm³/mol. The lowest BCUT2D eigenvalue weighted by atomic mass is 11.3. The van der Waals surface area contributed by atoms with Gasteiger partial charge >= 0.3 is 0 Å². The van der Waals surface area contributed by atoms with Crippen LogP contribution in [0.2, 0.25) is 0 Å². The molecule has 4 heteroatoms. The van der Waals surface area contributed by atoms with Gasteiger partial charge in [-0.2, -0.15) is 0 Å². The van der Waals surface area contributed by atoms with Crippen molar-refractivity contribution in [2.45, 2.75) is 0 Å². The molecule has 0 rings (SSSR count). The Morgan fingerprint density at radius 1 is 0.750 bits per heavy atom. The Kier molecular flexibility index (Phi) is 4.84. The Hall–Kier alpha value is 0.620. The SMILES string of the molecule is CN(C)SSN(C)C. The summed E-state index contributed by atoms with van der Waals surface area (Å²) in [7, 11) is 11.5. The average Bonchev–Trinajstić information content (AvgIpc) is 1.61. The Balaban J connectivity index is 2.93. The van der Waals surface area contributed by atoms with Gasteiger partial charge in [-0.25, -0.2) is 8.61 Å². The summed E-state index contributed by atoms with van der Waals surface area (Å²) in [6.07, 6.45) is 0. The largest absolute Gasteiger partial charge is 0.246 e. The van der Waals surface area contributed by atoms with Gasteiger partial charge in [0, 0.05) is 22.0 Å². The van der Waals surface area contributed by atoms with E-state index in [-0.39, 0.29) is 0 Å². The first-order valence-corrected chi connectivity index (χ1v) is 4.38. The third-order valence-corrected chi connectivity index (χ3v) is 2.98. The zero-order valence-corrected chi connectivity index (χ0v) is 7.34. The number of hydrogen-bond donors (Lipinski definition) is 0.